The monoisotopic (exact) mass is 460 g/mol. The topological polar surface area (TPSA) is 113 Å². The van der Waals surface area contributed by atoms with E-state index in [0.717, 1.165) is 4.47 Å². The molecule has 0 heterocycles. The first-order valence-electron chi connectivity index (χ1n) is 9.24. The van der Waals surface area contributed by atoms with Crippen LogP contribution >= 0.6 is 15.9 Å². The van der Waals surface area contributed by atoms with Crippen LogP contribution in [0, 0.1) is 5.92 Å². The van der Waals surface area contributed by atoms with Gasteiger partial charge >= 0.3 is 6.03 Å². The molecule has 0 aliphatic carbocycles. The Balaban J connectivity index is 2.09. The second-order valence-corrected chi connectivity index (χ2v) is 7.96. The number of anilines is 1. The lowest BCUT2D eigenvalue weighted by molar-refractivity contribution is -0.128. The fraction of sp³-hybridized carbons (Fsp3) is 0.286. The van der Waals surface area contributed by atoms with Crippen molar-refractivity contribution in [1.29, 1.82) is 0 Å². The van der Waals surface area contributed by atoms with E-state index >= 15 is 0 Å². The highest BCUT2D eigenvalue weighted by molar-refractivity contribution is 9.10. The molecule has 5 N–H and O–H groups in total. The summed E-state index contributed by atoms with van der Waals surface area (Å²) in [6.07, 6.45) is 0.403. The number of carbonyl (C=O) groups excluding carboxylic acids is 3. The maximum Gasteiger partial charge on any atom is 0.319 e. The van der Waals surface area contributed by atoms with E-state index in [1.165, 1.54) is 0 Å². The van der Waals surface area contributed by atoms with Gasteiger partial charge in [0.25, 0.3) is 0 Å². The van der Waals surface area contributed by atoms with Gasteiger partial charge in [-0.05, 0) is 42.2 Å². The molecule has 154 valence electrons. The standard InChI is InChI=1S/C21H25BrN4O3/c1-13(2)12-17(25-21(29)24-16-10-8-15(22)9-11-16)20(28)26-18(19(23)27)14-6-4-3-5-7-14/h3-11,13,17-18H,12H2,1-2H3,(H2,23,27)(H,26,28)(H2,24,25,29)/t17-,18-/m0/s1. The zero-order chi connectivity index (χ0) is 21.4. The molecule has 0 aromatic heterocycles. The lowest BCUT2D eigenvalue weighted by Gasteiger charge is -2.23. The van der Waals surface area contributed by atoms with Gasteiger partial charge in [-0.1, -0.05) is 60.1 Å². The lowest BCUT2D eigenvalue weighted by Crippen LogP contribution is -2.51. The molecule has 0 saturated heterocycles. The minimum Gasteiger partial charge on any atom is -0.368 e. The second-order valence-electron chi connectivity index (χ2n) is 7.04. The Morgan fingerprint density at radius 1 is 0.966 bits per heavy atom. The van der Waals surface area contributed by atoms with Gasteiger partial charge in [-0.25, -0.2) is 4.79 Å². The van der Waals surface area contributed by atoms with Gasteiger partial charge in [0.15, 0.2) is 0 Å². The van der Waals surface area contributed by atoms with E-state index in [1.54, 1.807) is 54.6 Å². The highest BCUT2D eigenvalue weighted by atomic mass is 79.9. The van der Waals surface area contributed by atoms with Crippen LogP contribution in [0.3, 0.4) is 0 Å². The van der Waals surface area contributed by atoms with Crippen LogP contribution in [0.25, 0.3) is 0 Å². The van der Waals surface area contributed by atoms with Crippen LogP contribution in [0.1, 0.15) is 31.9 Å². The maximum atomic E-state index is 12.8. The van der Waals surface area contributed by atoms with Crippen molar-refractivity contribution < 1.29 is 14.4 Å². The molecule has 0 fully saturated rings. The summed E-state index contributed by atoms with van der Waals surface area (Å²) in [4.78, 5) is 37.1. The Kier molecular flexibility index (Phi) is 8.21. The van der Waals surface area contributed by atoms with Crippen molar-refractivity contribution in [3.8, 4) is 0 Å². The van der Waals surface area contributed by atoms with E-state index in [2.05, 4.69) is 31.9 Å². The van der Waals surface area contributed by atoms with Crippen molar-refractivity contribution in [2.24, 2.45) is 11.7 Å². The Hall–Kier alpha value is -2.87. The SMILES string of the molecule is CC(C)C[C@H](NC(=O)Nc1ccc(Br)cc1)C(=O)N[C@H](C(N)=O)c1ccccc1. The molecule has 0 aliphatic heterocycles. The van der Waals surface area contributed by atoms with Gasteiger partial charge in [0.2, 0.25) is 11.8 Å². The number of nitrogens with two attached hydrogens (primary N) is 1. The normalized spacial score (nSPS) is 12.7. The predicted octanol–water partition coefficient (Wildman–Crippen LogP) is 3.33. The van der Waals surface area contributed by atoms with Crippen LogP contribution in [0.15, 0.2) is 59.1 Å². The van der Waals surface area contributed by atoms with Crippen molar-refractivity contribution in [1.82, 2.24) is 10.6 Å². The molecule has 2 aromatic rings. The Bertz CT molecular complexity index is 841. The van der Waals surface area contributed by atoms with Crippen molar-refractivity contribution >= 4 is 39.5 Å². The van der Waals surface area contributed by atoms with Crippen molar-refractivity contribution in [2.75, 3.05) is 5.32 Å². The summed E-state index contributed by atoms with van der Waals surface area (Å²) in [7, 11) is 0. The maximum absolute atomic E-state index is 12.8. The van der Waals surface area contributed by atoms with Crippen molar-refractivity contribution in [3.63, 3.8) is 0 Å². The van der Waals surface area contributed by atoms with E-state index in [1.807, 2.05) is 13.8 Å². The molecule has 0 spiro atoms. The number of urea groups is 1. The lowest BCUT2D eigenvalue weighted by atomic mass is 10.0. The minimum atomic E-state index is -0.977. The summed E-state index contributed by atoms with van der Waals surface area (Å²) in [5.41, 5.74) is 6.65. The second kappa shape index (κ2) is 10.6. The molecule has 7 nitrogen and oxygen atoms in total. The van der Waals surface area contributed by atoms with E-state index in [9.17, 15) is 14.4 Å². The predicted molar refractivity (Wildman–Crippen MR) is 116 cm³/mol. The third kappa shape index (κ3) is 7.23. The summed E-state index contributed by atoms with van der Waals surface area (Å²) in [5, 5.41) is 8.03. The Morgan fingerprint density at radius 3 is 2.14 bits per heavy atom. The largest absolute Gasteiger partial charge is 0.368 e. The van der Waals surface area contributed by atoms with Gasteiger partial charge in [0.1, 0.15) is 12.1 Å². The number of halogens is 1. The molecule has 29 heavy (non-hydrogen) atoms. The Labute approximate surface area is 178 Å². The third-order valence-corrected chi connectivity index (χ3v) is 4.66. The molecular formula is C21H25BrN4O3. The molecule has 0 radical (unpaired) electrons. The van der Waals surface area contributed by atoms with E-state index in [-0.39, 0.29) is 5.92 Å². The number of primary amides is 1. The van der Waals surface area contributed by atoms with E-state index in [0.29, 0.717) is 17.7 Å². The first-order valence-corrected chi connectivity index (χ1v) is 10.0. The fourth-order valence-corrected chi connectivity index (χ4v) is 3.03. The molecular weight excluding hydrogens is 436 g/mol. The van der Waals surface area contributed by atoms with Crippen LogP contribution in [0.2, 0.25) is 0 Å². The van der Waals surface area contributed by atoms with Crippen molar-refractivity contribution in [3.05, 3.63) is 64.6 Å². The molecule has 0 aliphatic rings. The third-order valence-electron chi connectivity index (χ3n) is 4.14. The minimum absolute atomic E-state index is 0.141. The average Bonchev–Trinajstić information content (AvgIpc) is 2.67. The number of amides is 4. The summed E-state index contributed by atoms with van der Waals surface area (Å²) in [6.45, 7) is 3.88. The molecule has 8 heteroatoms. The summed E-state index contributed by atoms with van der Waals surface area (Å²) < 4.78 is 0.888. The summed E-state index contributed by atoms with van der Waals surface area (Å²) in [5.74, 6) is -1.01. The molecule has 0 unspecified atom stereocenters. The number of rotatable bonds is 8. The molecule has 2 atom stereocenters. The first-order chi connectivity index (χ1) is 13.8. The van der Waals surface area contributed by atoms with Crippen molar-refractivity contribution in [2.45, 2.75) is 32.4 Å². The van der Waals surface area contributed by atoms with Gasteiger partial charge in [0, 0.05) is 10.2 Å². The van der Waals surface area contributed by atoms with Gasteiger partial charge in [0.05, 0.1) is 0 Å². The van der Waals surface area contributed by atoms with Gasteiger partial charge in [-0.2, -0.15) is 0 Å². The molecule has 4 amide bonds. The van der Waals surface area contributed by atoms with Gasteiger partial charge in [-0.3, -0.25) is 9.59 Å². The van der Waals surface area contributed by atoms with Crippen LogP contribution in [-0.4, -0.2) is 23.9 Å². The smallest absolute Gasteiger partial charge is 0.319 e. The number of hydrogen-bond donors (Lipinski definition) is 4. The number of carbonyl (C=O) groups is 3. The quantitative estimate of drug-likeness (QED) is 0.484. The number of hydrogen-bond acceptors (Lipinski definition) is 3. The van der Waals surface area contributed by atoms with Gasteiger partial charge < -0.3 is 21.7 Å². The first kappa shape index (κ1) is 22.4. The average molecular weight is 461 g/mol. The van der Waals surface area contributed by atoms with Crippen LogP contribution in [0.4, 0.5) is 10.5 Å². The highest BCUT2D eigenvalue weighted by Gasteiger charge is 2.27. The van der Waals surface area contributed by atoms with Gasteiger partial charge in [-0.15, -0.1) is 0 Å². The molecule has 2 rings (SSSR count). The van der Waals surface area contributed by atoms with Crippen LogP contribution in [-0.2, 0) is 9.59 Å². The fourth-order valence-electron chi connectivity index (χ4n) is 2.77. The summed E-state index contributed by atoms with van der Waals surface area (Å²) in [6, 6.07) is 13.5. The molecule has 2 aromatic carbocycles. The summed E-state index contributed by atoms with van der Waals surface area (Å²) >= 11 is 3.33. The molecule has 0 saturated carbocycles. The Morgan fingerprint density at radius 2 is 1.59 bits per heavy atom. The zero-order valence-electron chi connectivity index (χ0n) is 16.3. The van der Waals surface area contributed by atoms with E-state index < -0.39 is 29.9 Å². The van der Waals surface area contributed by atoms with E-state index in [4.69, 9.17) is 5.73 Å². The van der Waals surface area contributed by atoms with Crippen LogP contribution < -0.4 is 21.7 Å². The molecule has 0 bridgehead atoms. The number of nitrogens with one attached hydrogen (secondary N) is 3. The highest BCUT2D eigenvalue weighted by Crippen LogP contribution is 2.15. The zero-order valence-corrected chi connectivity index (χ0v) is 17.9. The van der Waals surface area contributed by atoms with Crippen LogP contribution in [0.5, 0.6) is 0 Å². The number of benzene rings is 2.